The van der Waals surface area contributed by atoms with Crippen LogP contribution in [0.2, 0.25) is 0 Å². The smallest absolute Gasteiger partial charge is 0.254 e. The van der Waals surface area contributed by atoms with Crippen molar-refractivity contribution in [3.8, 4) is 0 Å². The first-order chi connectivity index (χ1) is 13.0. The number of likely N-dealkylation sites (tertiary alicyclic amines) is 1. The number of nitrogens with zero attached hydrogens (tertiary/aromatic N) is 1. The molecule has 0 spiro atoms. The minimum atomic E-state index is -0.693. The molecule has 27 heavy (non-hydrogen) atoms. The Labute approximate surface area is 159 Å². The third-order valence-corrected chi connectivity index (χ3v) is 5.27. The molecular formula is C20H27N3O4. The first-order valence-corrected chi connectivity index (χ1v) is 9.53. The van der Waals surface area contributed by atoms with Gasteiger partial charge in [0.1, 0.15) is 6.61 Å². The van der Waals surface area contributed by atoms with Crippen molar-refractivity contribution in [2.24, 2.45) is 5.92 Å². The quantitative estimate of drug-likeness (QED) is 0.806. The number of amides is 3. The lowest BCUT2D eigenvalue weighted by atomic mass is 9.92. The summed E-state index contributed by atoms with van der Waals surface area (Å²) in [6.45, 7) is 3.47. The predicted octanol–water partition coefficient (Wildman–Crippen LogP) is 1.01. The average Bonchev–Trinajstić information content (AvgIpc) is 2.68. The largest absolute Gasteiger partial charge is 0.356 e. The maximum absolute atomic E-state index is 13.0. The van der Waals surface area contributed by atoms with Crippen LogP contribution < -0.4 is 10.6 Å². The van der Waals surface area contributed by atoms with Gasteiger partial charge in [-0.1, -0.05) is 30.3 Å². The summed E-state index contributed by atoms with van der Waals surface area (Å²) in [5, 5.41) is 5.73. The lowest BCUT2D eigenvalue weighted by Crippen LogP contribution is -2.54. The van der Waals surface area contributed by atoms with E-state index in [0.29, 0.717) is 25.6 Å². The molecule has 2 heterocycles. The Morgan fingerprint density at radius 2 is 1.93 bits per heavy atom. The molecule has 0 aromatic heterocycles. The van der Waals surface area contributed by atoms with Gasteiger partial charge in [0.25, 0.3) is 5.91 Å². The predicted molar refractivity (Wildman–Crippen MR) is 99.7 cm³/mol. The topological polar surface area (TPSA) is 87.7 Å². The number of nitrogens with one attached hydrogen (secondary N) is 2. The molecular weight excluding hydrogens is 346 g/mol. The van der Waals surface area contributed by atoms with Gasteiger partial charge in [-0.3, -0.25) is 14.4 Å². The van der Waals surface area contributed by atoms with E-state index in [-0.39, 0.29) is 24.3 Å². The zero-order valence-corrected chi connectivity index (χ0v) is 15.6. The average molecular weight is 373 g/mol. The number of morpholine rings is 1. The fourth-order valence-corrected chi connectivity index (χ4v) is 3.76. The molecule has 1 aromatic carbocycles. The van der Waals surface area contributed by atoms with E-state index in [1.54, 1.807) is 0 Å². The lowest BCUT2D eigenvalue weighted by molar-refractivity contribution is -0.156. The van der Waals surface area contributed by atoms with Gasteiger partial charge >= 0.3 is 0 Å². The second kappa shape index (κ2) is 8.99. The molecule has 0 saturated carbocycles. The van der Waals surface area contributed by atoms with Crippen molar-refractivity contribution in [3.63, 3.8) is 0 Å². The van der Waals surface area contributed by atoms with Gasteiger partial charge < -0.3 is 20.3 Å². The van der Waals surface area contributed by atoms with E-state index < -0.39 is 12.1 Å². The standard InChI is InChI=1S/C20H27N3O4/c1-14(24)21-10-7-15-8-11-23(12-9-15)20(26)19-18(22-17(25)13-27-19)16-5-3-2-4-6-16/h2-6,15,18-19H,7-13H2,1H3,(H,21,24)(H,22,25)/t18-,19+/m1/s1. The highest BCUT2D eigenvalue weighted by atomic mass is 16.5. The van der Waals surface area contributed by atoms with Crippen LogP contribution in [0.25, 0.3) is 0 Å². The van der Waals surface area contributed by atoms with Crippen LogP contribution in [-0.2, 0) is 19.1 Å². The van der Waals surface area contributed by atoms with Crippen LogP contribution in [0.5, 0.6) is 0 Å². The van der Waals surface area contributed by atoms with E-state index in [1.165, 1.54) is 6.92 Å². The van der Waals surface area contributed by atoms with Gasteiger partial charge in [0.2, 0.25) is 11.8 Å². The van der Waals surface area contributed by atoms with Crippen LogP contribution in [0.4, 0.5) is 0 Å². The molecule has 1 aromatic rings. The summed E-state index contributed by atoms with van der Waals surface area (Å²) in [4.78, 5) is 37.6. The van der Waals surface area contributed by atoms with Gasteiger partial charge in [-0.15, -0.1) is 0 Å². The molecule has 0 radical (unpaired) electrons. The summed E-state index contributed by atoms with van der Waals surface area (Å²) in [6.07, 6.45) is 2.08. The van der Waals surface area contributed by atoms with Crippen LogP contribution >= 0.6 is 0 Å². The van der Waals surface area contributed by atoms with Gasteiger partial charge in [0.05, 0.1) is 6.04 Å². The second-order valence-electron chi connectivity index (χ2n) is 7.23. The van der Waals surface area contributed by atoms with Crippen molar-refractivity contribution in [2.75, 3.05) is 26.2 Å². The van der Waals surface area contributed by atoms with Gasteiger partial charge in [-0.2, -0.15) is 0 Å². The summed E-state index contributed by atoms with van der Waals surface area (Å²) in [5.74, 6) is 0.234. The Morgan fingerprint density at radius 3 is 2.59 bits per heavy atom. The van der Waals surface area contributed by atoms with E-state index in [1.807, 2.05) is 35.2 Å². The lowest BCUT2D eigenvalue weighted by Gasteiger charge is -2.38. The van der Waals surface area contributed by atoms with Crippen molar-refractivity contribution in [3.05, 3.63) is 35.9 Å². The van der Waals surface area contributed by atoms with Crippen molar-refractivity contribution in [1.29, 1.82) is 0 Å². The fourth-order valence-electron chi connectivity index (χ4n) is 3.76. The van der Waals surface area contributed by atoms with Crippen molar-refractivity contribution >= 4 is 17.7 Å². The maximum atomic E-state index is 13.0. The molecule has 2 N–H and O–H groups in total. The van der Waals surface area contributed by atoms with Crippen LogP contribution in [0.1, 0.15) is 37.8 Å². The van der Waals surface area contributed by atoms with Crippen LogP contribution in [0.3, 0.4) is 0 Å². The molecule has 0 unspecified atom stereocenters. The number of carbonyl (C=O) groups is 3. The van der Waals surface area contributed by atoms with E-state index in [0.717, 1.165) is 24.8 Å². The van der Waals surface area contributed by atoms with Gasteiger partial charge in [0, 0.05) is 26.6 Å². The third kappa shape index (κ3) is 5.07. The molecule has 7 heteroatoms. The second-order valence-corrected chi connectivity index (χ2v) is 7.23. The van der Waals surface area contributed by atoms with Crippen molar-refractivity contribution in [1.82, 2.24) is 15.5 Å². The minimum absolute atomic E-state index is 0.00828. The first kappa shape index (κ1) is 19.4. The monoisotopic (exact) mass is 373 g/mol. The Hall–Kier alpha value is -2.41. The molecule has 0 aliphatic carbocycles. The summed E-state index contributed by atoms with van der Waals surface area (Å²) < 4.78 is 5.64. The maximum Gasteiger partial charge on any atom is 0.254 e. The molecule has 2 saturated heterocycles. The zero-order valence-electron chi connectivity index (χ0n) is 15.6. The Balaban J connectivity index is 1.58. The van der Waals surface area contributed by atoms with E-state index in [2.05, 4.69) is 10.6 Å². The molecule has 2 aliphatic rings. The van der Waals surface area contributed by atoms with Gasteiger partial charge in [-0.25, -0.2) is 0 Å². The number of ether oxygens (including phenoxy) is 1. The normalized spacial score (nSPS) is 23.6. The SMILES string of the molecule is CC(=O)NCCC1CCN(C(=O)[C@H]2OCC(=O)N[C@@H]2c2ccccc2)CC1. The van der Waals surface area contributed by atoms with E-state index in [9.17, 15) is 14.4 Å². The first-order valence-electron chi connectivity index (χ1n) is 9.53. The van der Waals surface area contributed by atoms with E-state index >= 15 is 0 Å². The van der Waals surface area contributed by atoms with Crippen LogP contribution in [-0.4, -0.2) is 55.0 Å². The van der Waals surface area contributed by atoms with Crippen LogP contribution in [0.15, 0.2) is 30.3 Å². The summed E-state index contributed by atoms with van der Waals surface area (Å²) in [7, 11) is 0. The van der Waals surface area contributed by atoms with Crippen LogP contribution in [0, 0.1) is 5.92 Å². The highest BCUT2D eigenvalue weighted by Crippen LogP contribution is 2.26. The molecule has 2 aliphatic heterocycles. The molecule has 146 valence electrons. The Bertz CT molecular complexity index is 671. The van der Waals surface area contributed by atoms with Crippen molar-refractivity contribution in [2.45, 2.75) is 38.3 Å². The molecule has 3 rings (SSSR count). The van der Waals surface area contributed by atoms with Gasteiger partial charge in [0.15, 0.2) is 6.10 Å². The number of benzene rings is 1. The number of rotatable bonds is 5. The fraction of sp³-hybridized carbons (Fsp3) is 0.550. The summed E-state index contributed by atoms with van der Waals surface area (Å²) in [5.41, 5.74) is 0.870. The molecule has 7 nitrogen and oxygen atoms in total. The number of piperidine rings is 1. The highest BCUT2D eigenvalue weighted by Gasteiger charge is 2.39. The number of hydrogen-bond acceptors (Lipinski definition) is 4. The number of hydrogen-bond donors (Lipinski definition) is 2. The third-order valence-electron chi connectivity index (χ3n) is 5.27. The van der Waals surface area contributed by atoms with Crippen molar-refractivity contribution < 1.29 is 19.1 Å². The number of carbonyl (C=O) groups excluding carboxylic acids is 3. The minimum Gasteiger partial charge on any atom is -0.356 e. The highest BCUT2D eigenvalue weighted by molar-refractivity contribution is 5.86. The summed E-state index contributed by atoms with van der Waals surface area (Å²) >= 11 is 0. The summed E-state index contributed by atoms with van der Waals surface area (Å²) in [6, 6.07) is 9.01. The molecule has 2 atom stereocenters. The molecule has 2 fully saturated rings. The molecule has 3 amide bonds. The van der Waals surface area contributed by atoms with E-state index in [4.69, 9.17) is 4.74 Å². The Kier molecular flexibility index (Phi) is 6.45. The Morgan fingerprint density at radius 1 is 1.22 bits per heavy atom. The zero-order chi connectivity index (χ0) is 19.2. The van der Waals surface area contributed by atoms with Gasteiger partial charge in [-0.05, 0) is 30.7 Å². The molecule has 0 bridgehead atoms.